The molecule has 0 saturated carbocycles. The molecule has 6 nitrogen and oxygen atoms in total. The summed E-state index contributed by atoms with van der Waals surface area (Å²) in [4.78, 5) is 28.1. The number of likely N-dealkylation sites (N-methyl/N-ethyl adjacent to an activating group) is 1. The van der Waals surface area contributed by atoms with Crippen LogP contribution >= 0.6 is 0 Å². The van der Waals surface area contributed by atoms with Gasteiger partial charge in [-0.1, -0.05) is 42.5 Å². The molecule has 3 N–H and O–H groups in total. The molecular weight excluding hydrogens is 354 g/mol. The minimum Gasteiger partial charge on any atom is -0.392 e. The second kappa shape index (κ2) is 8.99. The highest BCUT2D eigenvalue weighted by Gasteiger charge is 2.28. The highest BCUT2D eigenvalue weighted by molar-refractivity contribution is 5.92. The molecule has 0 unspecified atom stereocenters. The summed E-state index contributed by atoms with van der Waals surface area (Å²) < 4.78 is 0. The molecule has 6 heteroatoms. The van der Waals surface area contributed by atoms with Gasteiger partial charge in [-0.05, 0) is 29.7 Å². The molecule has 2 aromatic rings. The number of likely N-dealkylation sites (tertiary alicyclic amines) is 1. The number of hydrogen-bond donors (Lipinski definition) is 2. The average molecular weight is 381 g/mol. The Hall–Kier alpha value is -2.70. The van der Waals surface area contributed by atoms with Crippen LogP contribution in [-0.4, -0.2) is 59.5 Å². The number of amides is 2. The molecule has 1 aliphatic heterocycles. The van der Waals surface area contributed by atoms with E-state index in [2.05, 4.69) is 4.90 Å². The van der Waals surface area contributed by atoms with Crippen molar-refractivity contribution in [1.82, 2.24) is 9.80 Å². The predicted molar refractivity (Wildman–Crippen MR) is 108 cm³/mol. The molecule has 0 bridgehead atoms. The molecule has 1 heterocycles. The van der Waals surface area contributed by atoms with Crippen molar-refractivity contribution in [3.05, 3.63) is 71.3 Å². The van der Waals surface area contributed by atoms with Gasteiger partial charge < -0.3 is 15.7 Å². The molecule has 28 heavy (non-hydrogen) atoms. The molecule has 2 aromatic carbocycles. The van der Waals surface area contributed by atoms with Gasteiger partial charge in [-0.2, -0.15) is 0 Å². The molecule has 0 radical (unpaired) electrons. The first-order chi connectivity index (χ1) is 13.4. The predicted octanol–water partition coefficient (Wildman–Crippen LogP) is 1.59. The number of nitrogens with two attached hydrogens (primary N) is 1. The molecule has 148 valence electrons. The molecule has 0 aliphatic carbocycles. The Morgan fingerprint density at radius 2 is 1.86 bits per heavy atom. The van der Waals surface area contributed by atoms with Gasteiger partial charge in [-0.25, -0.2) is 0 Å². The topological polar surface area (TPSA) is 86.9 Å². The third kappa shape index (κ3) is 4.97. The van der Waals surface area contributed by atoms with Gasteiger partial charge in [0.25, 0.3) is 0 Å². The molecule has 1 fully saturated rings. The molecule has 3 rings (SSSR count). The number of carbonyl (C=O) groups is 2. The van der Waals surface area contributed by atoms with E-state index in [-0.39, 0.29) is 24.5 Å². The van der Waals surface area contributed by atoms with Crippen molar-refractivity contribution >= 4 is 11.8 Å². The van der Waals surface area contributed by atoms with E-state index in [1.807, 2.05) is 37.4 Å². The van der Waals surface area contributed by atoms with E-state index in [9.17, 15) is 14.7 Å². The van der Waals surface area contributed by atoms with Crippen LogP contribution in [0.15, 0.2) is 54.6 Å². The SMILES string of the molecule is CN(C(=O)Cc1ccc(C(N)=O)cc1)[C@H](CN1CC[C@H](O)C1)c1ccccc1. The van der Waals surface area contributed by atoms with Gasteiger partial charge in [0.2, 0.25) is 11.8 Å². The number of benzene rings is 2. The van der Waals surface area contributed by atoms with E-state index in [4.69, 9.17) is 5.73 Å². The van der Waals surface area contributed by atoms with Gasteiger partial charge in [0.1, 0.15) is 0 Å². The quantitative estimate of drug-likeness (QED) is 0.763. The van der Waals surface area contributed by atoms with Crippen LogP contribution in [0.1, 0.15) is 33.9 Å². The van der Waals surface area contributed by atoms with Crippen LogP contribution in [0.4, 0.5) is 0 Å². The zero-order valence-electron chi connectivity index (χ0n) is 16.1. The number of aliphatic hydroxyl groups is 1. The molecule has 0 aromatic heterocycles. The summed E-state index contributed by atoms with van der Waals surface area (Å²) in [6, 6.07) is 16.7. The first-order valence-corrected chi connectivity index (χ1v) is 9.54. The lowest BCUT2D eigenvalue weighted by Gasteiger charge is -2.32. The van der Waals surface area contributed by atoms with Crippen LogP contribution in [0.2, 0.25) is 0 Å². The number of aliphatic hydroxyl groups excluding tert-OH is 1. The zero-order chi connectivity index (χ0) is 20.1. The molecule has 2 atom stereocenters. The Kier molecular flexibility index (Phi) is 6.44. The maximum absolute atomic E-state index is 13.0. The van der Waals surface area contributed by atoms with E-state index in [1.54, 1.807) is 29.2 Å². The Balaban J connectivity index is 1.73. The monoisotopic (exact) mass is 381 g/mol. The minimum atomic E-state index is -0.480. The first kappa shape index (κ1) is 20.0. The molecule has 1 saturated heterocycles. The summed E-state index contributed by atoms with van der Waals surface area (Å²) in [7, 11) is 1.82. The van der Waals surface area contributed by atoms with E-state index < -0.39 is 5.91 Å². The lowest BCUT2D eigenvalue weighted by Crippen LogP contribution is -2.39. The maximum Gasteiger partial charge on any atom is 0.248 e. The number of β-amino-alcohol motifs (C(OH)–C–C–N with tert-alkyl or cyclic N) is 1. The summed E-state index contributed by atoms with van der Waals surface area (Å²) in [6.45, 7) is 2.16. The zero-order valence-corrected chi connectivity index (χ0v) is 16.1. The summed E-state index contributed by atoms with van der Waals surface area (Å²) in [5, 5.41) is 9.83. The number of hydrogen-bond acceptors (Lipinski definition) is 4. The lowest BCUT2D eigenvalue weighted by molar-refractivity contribution is -0.131. The molecular formula is C22H27N3O3. The number of nitrogens with zero attached hydrogens (tertiary/aromatic N) is 2. The van der Waals surface area contributed by atoms with Gasteiger partial charge in [-0.3, -0.25) is 14.5 Å². The summed E-state index contributed by atoms with van der Waals surface area (Å²) in [5.74, 6) is -0.479. The van der Waals surface area contributed by atoms with E-state index in [0.29, 0.717) is 18.7 Å². The summed E-state index contributed by atoms with van der Waals surface area (Å²) >= 11 is 0. The van der Waals surface area contributed by atoms with Crippen molar-refractivity contribution in [3.8, 4) is 0 Å². The fourth-order valence-electron chi connectivity index (χ4n) is 3.61. The van der Waals surface area contributed by atoms with Gasteiger partial charge in [0.15, 0.2) is 0 Å². The van der Waals surface area contributed by atoms with Crippen LogP contribution in [0, 0.1) is 0 Å². The largest absolute Gasteiger partial charge is 0.392 e. The Labute approximate surface area is 165 Å². The van der Waals surface area contributed by atoms with E-state index >= 15 is 0 Å². The summed E-state index contributed by atoms with van der Waals surface area (Å²) in [6.07, 6.45) is 0.730. The van der Waals surface area contributed by atoms with E-state index in [0.717, 1.165) is 24.1 Å². The maximum atomic E-state index is 13.0. The third-order valence-electron chi connectivity index (χ3n) is 5.32. The van der Waals surface area contributed by atoms with Gasteiger partial charge in [0, 0.05) is 32.2 Å². The Bertz CT molecular complexity index is 808. The fourth-order valence-corrected chi connectivity index (χ4v) is 3.61. The van der Waals surface area contributed by atoms with Crippen LogP contribution in [0.25, 0.3) is 0 Å². The number of primary amides is 1. The molecule has 0 spiro atoms. The third-order valence-corrected chi connectivity index (χ3v) is 5.32. The van der Waals surface area contributed by atoms with Gasteiger partial charge in [-0.15, -0.1) is 0 Å². The van der Waals surface area contributed by atoms with Crippen molar-refractivity contribution in [2.24, 2.45) is 5.73 Å². The second-order valence-electron chi connectivity index (χ2n) is 7.37. The Morgan fingerprint density at radius 3 is 2.43 bits per heavy atom. The van der Waals surface area contributed by atoms with Crippen LogP contribution < -0.4 is 5.73 Å². The van der Waals surface area contributed by atoms with Gasteiger partial charge >= 0.3 is 0 Å². The smallest absolute Gasteiger partial charge is 0.248 e. The average Bonchev–Trinajstić information content (AvgIpc) is 3.11. The van der Waals surface area contributed by atoms with Crippen LogP contribution in [0.5, 0.6) is 0 Å². The van der Waals surface area contributed by atoms with Crippen molar-refractivity contribution in [2.75, 3.05) is 26.7 Å². The van der Waals surface area contributed by atoms with Crippen LogP contribution in [0.3, 0.4) is 0 Å². The standard InChI is InChI=1S/C22H27N3O3/c1-24(21(27)13-16-7-9-18(10-8-16)22(23)28)20(17-5-3-2-4-6-17)15-25-12-11-19(26)14-25/h2-10,19-20,26H,11-15H2,1H3,(H2,23,28)/t19-,20+/m0/s1. The minimum absolute atomic E-state index is 0.000392. The molecule has 1 aliphatic rings. The van der Waals surface area contributed by atoms with Crippen molar-refractivity contribution in [2.45, 2.75) is 25.0 Å². The Morgan fingerprint density at radius 1 is 1.18 bits per heavy atom. The fraction of sp³-hybridized carbons (Fsp3) is 0.364. The lowest BCUT2D eigenvalue weighted by atomic mass is 10.0. The molecule has 2 amide bonds. The highest BCUT2D eigenvalue weighted by atomic mass is 16.3. The highest BCUT2D eigenvalue weighted by Crippen LogP contribution is 2.24. The van der Waals surface area contributed by atoms with Crippen LogP contribution in [-0.2, 0) is 11.2 Å². The second-order valence-corrected chi connectivity index (χ2v) is 7.37. The first-order valence-electron chi connectivity index (χ1n) is 9.54. The number of rotatable bonds is 7. The summed E-state index contributed by atoms with van der Waals surface area (Å²) in [5.41, 5.74) is 7.61. The number of carbonyl (C=O) groups excluding carboxylic acids is 2. The van der Waals surface area contributed by atoms with Crippen molar-refractivity contribution < 1.29 is 14.7 Å². The van der Waals surface area contributed by atoms with E-state index in [1.165, 1.54) is 0 Å². The normalized spacial score (nSPS) is 18.0. The van der Waals surface area contributed by atoms with Crippen molar-refractivity contribution in [1.29, 1.82) is 0 Å². The van der Waals surface area contributed by atoms with Gasteiger partial charge in [0.05, 0.1) is 18.6 Å². The van der Waals surface area contributed by atoms with Crippen molar-refractivity contribution in [3.63, 3.8) is 0 Å².